The minimum Gasteiger partial charge on any atom is -0.477 e. The van der Waals surface area contributed by atoms with Gasteiger partial charge < -0.3 is 10.0 Å². The van der Waals surface area contributed by atoms with Crippen molar-refractivity contribution < 1.29 is 14.7 Å². The van der Waals surface area contributed by atoms with Crippen molar-refractivity contribution in [3.8, 4) is 0 Å². The van der Waals surface area contributed by atoms with Crippen LogP contribution in [0.5, 0.6) is 0 Å². The van der Waals surface area contributed by atoms with E-state index >= 15 is 0 Å². The fourth-order valence-electron chi connectivity index (χ4n) is 2.42. The molecule has 0 spiro atoms. The lowest BCUT2D eigenvalue weighted by Gasteiger charge is -2.20. The first kappa shape index (κ1) is 13.1. The highest BCUT2D eigenvalue weighted by Crippen LogP contribution is 2.26. The summed E-state index contributed by atoms with van der Waals surface area (Å²) in [6, 6.07) is 3.09. The van der Waals surface area contributed by atoms with E-state index in [0.717, 1.165) is 17.9 Å². The number of thiophene rings is 1. The van der Waals surface area contributed by atoms with Crippen molar-refractivity contribution in [2.75, 3.05) is 13.6 Å². The van der Waals surface area contributed by atoms with E-state index in [1.807, 2.05) is 0 Å². The molecule has 4 nitrogen and oxygen atoms in total. The molecule has 0 bridgehead atoms. The average molecular weight is 267 g/mol. The summed E-state index contributed by atoms with van der Waals surface area (Å²) in [4.78, 5) is 25.3. The molecule has 1 aromatic rings. The van der Waals surface area contributed by atoms with Gasteiger partial charge in [-0.15, -0.1) is 11.3 Å². The van der Waals surface area contributed by atoms with Gasteiger partial charge in [-0.25, -0.2) is 4.79 Å². The predicted molar refractivity (Wildman–Crippen MR) is 70.2 cm³/mol. The van der Waals surface area contributed by atoms with Gasteiger partial charge in [-0.05, 0) is 30.9 Å². The summed E-state index contributed by atoms with van der Waals surface area (Å²) in [7, 11) is 1.79. The number of amides is 1. The monoisotopic (exact) mass is 267 g/mol. The van der Waals surface area contributed by atoms with Crippen molar-refractivity contribution in [2.24, 2.45) is 5.92 Å². The summed E-state index contributed by atoms with van der Waals surface area (Å²) in [5.41, 5.74) is 0. The Bertz CT molecular complexity index is 449. The molecule has 18 heavy (non-hydrogen) atoms. The topological polar surface area (TPSA) is 57.6 Å². The van der Waals surface area contributed by atoms with E-state index in [0.29, 0.717) is 10.8 Å². The zero-order valence-electron chi connectivity index (χ0n) is 10.4. The maximum Gasteiger partial charge on any atom is 0.345 e. The van der Waals surface area contributed by atoms with Gasteiger partial charge in [0.15, 0.2) is 0 Å². The van der Waals surface area contributed by atoms with Crippen LogP contribution < -0.4 is 0 Å². The largest absolute Gasteiger partial charge is 0.477 e. The molecule has 1 heterocycles. The summed E-state index contributed by atoms with van der Waals surface area (Å²) in [5, 5.41) is 8.83. The van der Waals surface area contributed by atoms with E-state index in [9.17, 15) is 9.59 Å². The lowest BCUT2D eigenvalue weighted by atomic mass is 10.1. The Morgan fingerprint density at radius 1 is 1.33 bits per heavy atom. The molecule has 0 aromatic carbocycles. The Balaban J connectivity index is 1.98. The summed E-state index contributed by atoms with van der Waals surface area (Å²) in [6.07, 6.45) is 4.91. The summed E-state index contributed by atoms with van der Waals surface area (Å²) in [5.74, 6) is -0.435. The molecule has 0 unspecified atom stereocenters. The normalized spacial score (nSPS) is 15.8. The SMILES string of the molecule is CN(CC1CCCC1)C(=O)c1ccc(C(=O)O)s1. The Morgan fingerprint density at radius 3 is 2.50 bits per heavy atom. The van der Waals surface area contributed by atoms with E-state index < -0.39 is 5.97 Å². The molecule has 98 valence electrons. The van der Waals surface area contributed by atoms with Crippen molar-refractivity contribution >= 4 is 23.2 Å². The van der Waals surface area contributed by atoms with Gasteiger partial charge in [0.1, 0.15) is 4.88 Å². The molecule has 1 aliphatic carbocycles. The quantitative estimate of drug-likeness (QED) is 0.912. The number of hydrogen-bond donors (Lipinski definition) is 1. The van der Waals surface area contributed by atoms with Crippen molar-refractivity contribution in [3.63, 3.8) is 0 Å². The summed E-state index contributed by atoms with van der Waals surface area (Å²) in [6.45, 7) is 0.777. The molecule has 1 fully saturated rings. The Morgan fingerprint density at radius 2 is 1.94 bits per heavy atom. The number of carboxylic acids is 1. The van der Waals surface area contributed by atoms with E-state index in [2.05, 4.69) is 0 Å². The van der Waals surface area contributed by atoms with Gasteiger partial charge in [0.25, 0.3) is 5.91 Å². The van der Waals surface area contributed by atoms with Crippen LogP contribution in [0.2, 0.25) is 0 Å². The smallest absolute Gasteiger partial charge is 0.345 e. The van der Waals surface area contributed by atoms with Gasteiger partial charge in [0.2, 0.25) is 0 Å². The Kier molecular flexibility index (Phi) is 4.01. The number of hydrogen-bond acceptors (Lipinski definition) is 3. The zero-order valence-corrected chi connectivity index (χ0v) is 11.2. The molecule has 2 rings (SSSR count). The van der Waals surface area contributed by atoms with Crippen LogP contribution in [0.25, 0.3) is 0 Å². The van der Waals surface area contributed by atoms with Crippen molar-refractivity contribution in [1.29, 1.82) is 0 Å². The van der Waals surface area contributed by atoms with Crippen LogP contribution in [0.1, 0.15) is 45.0 Å². The highest BCUT2D eigenvalue weighted by Gasteiger charge is 2.21. The molecule has 0 aliphatic heterocycles. The van der Waals surface area contributed by atoms with Crippen LogP contribution in [0, 0.1) is 5.92 Å². The predicted octanol–water partition coefficient (Wildman–Crippen LogP) is 2.71. The maximum absolute atomic E-state index is 12.1. The summed E-state index contributed by atoms with van der Waals surface area (Å²) < 4.78 is 0. The highest BCUT2D eigenvalue weighted by molar-refractivity contribution is 7.15. The third-order valence-electron chi connectivity index (χ3n) is 3.38. The van der Waals surface area contributed by atoms with Gasteiger partial charge in [0.05, 0.1) is 4.88 Å². The van der Waals surface area contributed by atoms with Gasteiger partial charge in [-0.1, -0.05) is 12.8 Å². The minimum atomic E-state index is -0.975. The average Bonchev–Trinajstić information content (AvgIpc) is 2.98. The Labute approximate surface area is 110 Å². The second-order valence-corrected chi connectivity index (χ2v) is 5.89. The second-order valence-electron chi connectivity index (χ2n) is 4.81. The molecule has 1 N–H and O–H groups in total. The lowest BCUT2D eigenvalue weighted by molar-refractivity contribution is 0.0701. The number of aromatic carboxylic acids is 1. The number of rotatable bonds is 4. The maximum atomic E-state index is 12.1. The zero-order chi connectivity index (χ0) is 13.1. The molecular weight excluding hydrogens is 250 g/mol. The van der Waals surface area contributed by atoms with Crippen LogP contribution in [0.3, 0.4) is 0 Å². The first-order valence-corrected chi connectivity index (χ1v) is 6.98. The van der Waals surface area contributed by atoms with Crippen LogP contribution in [-0.2, 0) is 0 Å². The van der Waals surface area contributed by atoms with Crippen LogP contribution in [0.4, 0.5) is 0 Å². The van der Waals surface area contributed by atoms with Gasteiger partial charge >= 0.3 is 5.97 Å². The first-order valence-electron chi connectivity index (χ1n) is 6.16. The van der Waals surface area contributed by atoms with E-state index in [1.165, 1.54) is 31.7 Å². The summed E-state index contributed by atoms with van der Waals surface area (Å²) >= 11 is 1.04. The number of carbonyl (C=O) groups excluding carboxylic acids is 1. The first-order chi connectivity index (χ1) is 8.58. The molecule has 5 heteroatoms. The number of carboxylic acid groups (broad SMARTS) is 1. The molecular formula is C13H17NO3S. The lowest BCUT2D eigenvalue weighted by Crippen LogP contribution is -2.30. The van der Waals surface area contributed by atoms with Crippen LogP contribution >= 0.6 is 11.3 Å². The molecule has 0 radical (unpaired) electrons. The number of nitrogens with zero attached hydrogens (tertiary/aromatic N) is 1. The van der Waals surface area contributed by atoms with Crippen LogP contribution in [0.15, 0.2) is 12.1 Å². The third kappa shape index (κ3) is 2.90. The van der Waals surface area contributed by atoms with E-state index in [-0.39, 0.29) is 10.8 Å². The second kappa shape index (κ2) is 5.52. The van der Waals surface area contributed by atoms with Crippen molar-refractivity contribution in [3.05, 3.63) is 21.9 Å². The standard InChI is InChI=1S/C13H17NO3S/c1-14(8-9-4-2-3-5-9)12(15)10-6-7-11(18-10)13(16)17/h6-7,9H,2-5,8H2,1H3,(H,16,17). The fraction of sp³-hybridized carbons (Fsp3) is 0.538. The van der Waals surface area contributed by atoms with E-state index in [4.69, 9.17) is 5.11 Å². The fourth-order valence-corrected chi connectivity index (χ4v) is 3.26. The molecule has 1 aliphatic rings. The van der Waals surface area contributed by atoms with Crippen LogP contribution in [-0.4, -0.2) is 35.5 Å². The van der Waals surface area contributed by atoms with Crippen molar-refractivity contribution in [2.45, 2.75) is 25.7 Å². The highest BCUT2D eigenvalue weighted by atomic mass is 32.1. The van der Waals surface area contributed by atoms with E-state index in [1.54, 1.807) is 18.0 Å². The molecule has 1 aromatic heterocycles. The molecule has 1 saturated carbocycles. The minimum absolute atomic E-state index is 0.0700. The van der Waals surface area contributed by atoms with Gasteiger partial charge in [0, 0.05) is 13.6 Å². The third-order valence-corrected chi connectivity index (χ3v) is 4.44. The van der Waals surface area contributed by atoms with Gasteiger partial charge in [-0.2, -0.15) is 0 Å². The molecule has 0 atom stereocenters. The Hall–Kier alpha value is -1.36. The van der Waals surface area contributed by atoms with Gasteiger partial charge in [-0.3, -0.25) is 4.79 Å². The van der Waals surface area contributed by atoms with Crippen molar-refractivity contribution in [1.82, 2.24) is 4.90 Å². The number of carbonyl (C=O) groups is 2. The molecule has 1 amide bonds. The molecule has 0 saturated heterocycles.